The Labute approximate surface area is 183 Å². The Bertz CT molecular complexity index is 956. The Balaban J connectivity index is 1.44. The standard InChI is InChI=1S/C26H28N2O3/c1-2-18-30-23-16-14-22(15-17-23)28-26(29)20-27-24-12-6-7-13-25(24)31-19-8-11-21-9-4-3-5-10-21/h2-7,9-10,12-17,27H,1,8,11,18-20H2,(H,28,29). The van der Waals surface area contributed by atoms with Gasteiger partial charge in [-0.05, 0) is 54.8 Å². The molecule has 0 spiro atoms. The van der Waals surface area contributed by atoms with E-state index in [1.165, 1.54) is 5.56 Å². The number of nitrogens with one attached hydrogen (secondary N) is 2. The van der Waals surface area contributed by atoms with Gasteiger partial charge in [-0.3, -0.25) is 4.79 Å². The Morgan fingerprint density at radius 1 is 0.903 bits per heavy atom. The fourth-order valence-corrected chi connectivity index (χ4v) is 3.01. The van der Waals surface area contributed by atoms with Crippen molar-refractivity contribution in [2.45, 2.75) is 12.8 Å². The summed E-state index contributed by atoms with van der Waals surface area (Å²) in [5, 5.41) is 6.03. The van der Waals surface area contributed by atoms with Crippen molar-refractivity contribution in [3.05, 3.63) is 97.1 Å². The maximum Gasteiger partial charge on any atom is 0.243 e. The normalized spacial score (nSPS) is 10.2. The zero-order chi connectivity index (χ0) is 21.7. The topological polar surface area (TPSA) is 59.6 Å². The number of aryl methyl sites for hydroxylation is 1. The lowest BCUT2D eigenvalue weighted by Crippen LogP contribution is -2.22. The van der Waals surface area contributed by atoms with Crippen molar-refractivity contribution >= 4 is 17.3 Å². The molecule has 0 aliphatic heterocycles. The van der Waals surface area contributed by atoms with Gasteiger partial charge in [-0.1, -0.05) is 55.1 Å². The van der Waals surface area contributed by atoms with E-state index in [2.05, 4.69) is 29.3 Å². The third kappa shape index (κ3) is 7.55. The highest BCUT2D eigenvalue weighted by Crippen LogP contribution is 2.24. The maximum absolute atomic E-state index is 12.3. The van der Waals surface area contributed by atoms with Crippen molar-refractivity contribution in [3.63, 3.8) is 0 Å². The van der Waals surface area contributed by atoms with Gasteiger partial charge < -0.3 is 20.1 Å². The van der Waals surface area contributed by atoms with Gasteiger partial charge in [-0.2, -0.15) is 0 Å². The van der Waals surface area contributed by atoms with Crippen molar-refractivity contribution in [1.29, 1.82) is 0 Å². The molecule has 0 aliphatic carbocycles. The number of hydrogen-bond acceptors (Lipinski definition) is 4. The number of anilines is 2. The molecule has 0 atom stereocenters. The molecule has 0 radical (unpaired) electrons. The molecule has 1 amide bonds. The zero-order valence-corrected chi connectivity index (χ0v) is 17.6. The number of carbonyl (C=O) groups is 1. The van der Waals surface area contributed by atoms with Crippen LogP contribution in [0.15, 0.2) is 91.5 Å². The van der Waals surface area contributed by atoms with Crippen LogP contribution in [-0.2, 0) is 11.2 Å². The number of para-hydroxylation sites is 2. The number of hydrogen-bond donors (Lipinski definition) is 2. The average Bonchev–Trinajstić information content (AvgIpc) is 2.81. The van der Waals surface area contributed by atoms with Gasteiger partial charge in [0.2, 0.25) is 5.91 Å². The summed E-state index contributed by atoms with van der Waals surface area (Å²) in [4.78, 5) is 12.3. The Morgan fingerprint density at radius 3 is 2.42 bits per heavy atom. The summed E-state index contributed by atoms with van der Waals surface area (Å²) in [5.74, 6) is 1.33. The molecule has 0 unspecified atom stereocenters. The SMILES string of the molecule is C=CCOc1ccc(NC(=O)CNc2ccccc2OCCCc2ccccc2)cc1. The molecule has 3 aromatic rings. The van der Waals surface area contributed by atoms with E-state index >= 15 is 0 Å². The second-order valence-electron chi connectivity index (χ2n) is 6.96. The number of carbonyl (C=O) groups excluding carboxylic acids is 1. The monoisotopic (exact) mass is 416 g/mol. The largest absolute Gasteiger partial charge is 0.491 e. The Kier molecular flexibility index (Phi) is 8.56. The summed E-state index contributed by atoms with van der Waals surface area (Å²) in [6, 6.07) is 25.2. The lowest BCUT2D eigenvalue weighted by molar-refractivity contribution is -0.114. The Hall–Kier alpha value is -3.73. The summed E-state index contributed by atoms with van der Waals surface area (Å²) in [7, 11) is 0. The smallest absolute Gasteiger partial charge is 0.243 e. The molecule has 0 aliphatic rings. The van der Waals surface area contributed by atoms with E-state index < -0.39 is 0 Å². The van der Waals surface area contributed by atoms with Crippen molar-refractivity contribution in [2.24, 2.45) is 0 Å². The van der Waals surface area contributed by atoms with Crippen LogP contribution in [0.25, 0.3) is 0 Å². The lowest BCUT2D eigenvalue weighted by atomic mass is 10.1. The molecule has 3 rings (SSSR count). The minimum Gasteiger partial charge on any atom is -0.491 e. The summed E-state index contributed by atoms with van der Waals surface area (Å²) in [6.07, 6.45) is 3.58. The van der Waals surface area contributed by atoms with Gasteiger partial charge in [0.25, 0.3) is 0 Å². The number of benzene rings is 3. The number of rotatable bonds is 12. The summed E-state index contributed by atoms with van der Waals surface area (Å²) >= 11 is 0. The van der Waals surface area contributed by atoms with E-state index in [1.807, 2.05) is 54.6 Å². The molecule has 0 bridgehead atoms. The predicted molar refractivity (Wildman–Crippen MR) is 126 cm³/mol. The molecule has 0 saturated carbocycles. The Morgan fingerprint density at radius 2 is 1.65 bits per heavy atom. The van der Waals surface area contributed by atoms with Gasteiger partial charge in [0, 0.05) is 5.69 Å². The van der Waals surface area contributed by atoms with Crippen LogP contribution in [0.3, 0.4) is 0 Å². The molecule has 0 aromatic heterocycles. The van der Waals surface area contributed by atoms with Crippen molar-refractivity contribution in [3.8, 4) is 11.5 Å². The summed E-state index contributed by atoms with van der Waals surface area (Å²) < 4.78 is 11.4. The molecule has 0 saturated heterocycles. The van der Waals surface area contributed by atoms with Gasteiger partial charge in [-0.15, -0.1) is 0 Å². The highest BCUT2D eigenvalue weighted by atomic mass is 16.5. The quantitative estimate of drug-likeness (QED) is 0.310. The molecular formula is C26H28N2O3. The van der Waals surface area contributed by atoms with Crippen LogP contribution in [0.5, 0.6) is 11.5 Å². The van der Waals surface area contributed by atoms with E-state index in [0.717, 1.165) is 30.0 Å². The minimum absolute atomic E-state index is 0.138. The fourth-order valence-electron chi connectivity index (χ4n) is 3.01. The second-order valence-corrected chi connectivity index (χ2v) is 6.96. The molecule has 5 heteroatoms. The molecule has 3 aromatic carbocycles. The lowest BCUT2D eigenvalue weighted by Gasteiger charge is -2.13. The zero-order valence-electron chi connectivity index (χ0n) is 17.6. The highest BCUT2D eigenvalue weighted by molar-refractivity contribution is 5.94. The molecular weight excluding hydrogens is 388 g/mol. The van der Waals surface area contributed by atoms with Gasteiger partial charge in [-0.25, -0.2) is 0 Å². The van der Waals surface area contributed by atoms with Crippen LogP contribution >= 0.6 is 0 Å². The third-order valence-corrected chi connectivity index (χ3v) is 4.54. The third-order valence-electron chi connectivity index (χ3n) is 4.54. The summed E-state index contributed by atoms with van der Waals surface area (Å²) in [6.45, 7) is 4.82. The highest BCUT2D eigenvalue weighted by Gasteiger charge is 2.07. The van der Waals surface area contributed by atoms with Crippen LogP contribution in [-0.4, -0.2) is 25.7 Å². The first kappa shape index (κ1) is 22.0. The van der Waals surface area contributed by atoms with Crippen LogP contribution in [0.2, 0.25) is 0 Å². The molecule has 0 fully saturated rings. The van der Waals surface area contributed by atoms with Crippen LogP contribution in [0.1, 0.15) is 12.0 Å². The van der Waals surface area contributed by atoms with E-state index in [4.69, 9.17) is 9.47 Å². The van der Waals surface area contributed by atoms with E-state index in [1.54, 1.807) is 18.2 Å². The second kappa shape index (κ2) is 12.1. The predicted octanol–water partition coefficient (Wildman–Crippen LogP) is 5.31. The molecule has 31 heavy (non-hydrogen) atoms. The van der Waals surface area contributed by atoms with Crippen LogP contribution in [0.4, 0.5) is 11.4 Å². The molecule has 160 valence electrons. The van der Waals surface area contributed by atoms with Crippen molar-refractivity contribution in [2.75, 3.05) is 30.4 Å². The van der Waals surface area contributed by atoms with Gasteiger partial charge in [0.1, 0.15) is 18.1 Å². The molecule has 0 heterocycles. The van der Waals surface area contributed by atoms with E-state index in [0.29, 0.717) is 18.9 Å². The first-order valence-electron chi connectivity index (χ1n) is 10.4. The fraction of sp³-hybridized carbons (Fsp3) is 0.192. The molecule has 2 N–H and O–H groups in total. The first-order valence-corrected chi connectivity index (χ1v) is 10.4. The van der Waals surface area contributed by atoms with Crippen LogP contribution < -0.4 is 20.1 Å². The van der Waals surface area contributed by atoms with E-state index in [9.17, 15) is 4.79 Å². The van der Waals surface area contributed by atoms with E-state index in [-0.39, 0.29) is 12.5 Å². The number of ether oxygens (including phenoxy) is 2. The van der Waals surface area contributed by atoms with Crippen molar-refractivity contribution < 1.29 is 14.3 Å². The van der Waals surface area contributed by atoms with Crippen LogP contribution in [0, 0.1) is 0 Å². The first-order chi connectivity index (χ1) is 15.2. The minimum atomic E-state index is -0.140. The van der Waals surface area contributed by atoms with Gasteiger partial charge >= 0.3 is 0 Å². The summed E-state index contributed by atoms with van der Waals surface area (Å²) in [5.41, 5.74) is 2.81. The van der Waals surface area contributed by atoms with Gasteiger partial charge in [0.15, 0.2) is 0 Å². The molecule has 5 nitrogen and oxygen atoms in total. The number of amides is 1. The van der Waals surface area contributed by atoms with Gasteiger partial charge in [0.05, 0.1) is 18.8 Å². The van der Waals surface area contributed by atoms with Crippen molar-refractivity contribution in [1.82, 2.24) is 0 Å². The maximum atomic E-state index is 12.3. The average molecular weight is 417 g/mol.